The molecule has 0 fully saturated rings. The van der Waals surface area contributed by atoms with Gasteiger partial charge in [-0.2, -0.15) is 0 Å². The first kappa shape index (κ1) is 18.9. The Labute approximate surface area is 164 Å². The number of carboxylic acid groups (broad SMARTS) is 1. The van der Waals surface area contributed by atoms with Crippen LogP contribution in [0.15, 0.2) is 48.5 Å². The van der Waals surface area contributed by atoms with Crippen LogP contribution in [0.25, 0.3) is 11.3 Å². The highest BCUT2D eigenvalue weighted by atomic mass is 35.5. The fourth-order valence-corrected chi connectivity index (χ4v) is 3.43. The molecule has 8 heteroatoms. The minimum Gasteiger partial charge on any atom is -0.480 e. The van der Waals surface area contributed by atoms with Crippen molar-refractivity contribution in [3.63, 3.8) is 0 Å². The molecule has 3 aromatic rings. The number of carbonyl (C=O) groups is 2. The summed E-state index contributed by atoms with van der Waals surface area (Å²) in [5, 5.41) is 15.5. The topological polar surface area (TPSA) is 91.3 Å². The molecular formula is C19H16ClN3O3S. The van der Waals surface area contributed by atoms with Crippen LogP contribution in [-0.2, 0) is 4.79 Å². The van der Waals surface area contributed by atoms with Crippen LogP contribution >= 0.6 is 22.9 Å². The molecule has 0 saturated heterocycles. The second kappa shape index (κ2) is 8.20. The lowest BCUT2D eigenvalue weighted by molar-refractivity contribution is -0.135. The molecule has 6 nitrogen and oxygen atoms in total. The third-order valence-electron chi connectivity index (χ3n) is 3.69. The number of anilines is 2. The average Bonchev–Trinajstić information content (AvgIpc) is 3.00. The highest BCUT2D eigenvalue weighted by Gasteiger charge is 2.12. The molecule has 1 aromatic heterocycles. The van der Waals surface area contributed by atoms with E-state index in [9.17, 15) is 9.59 Å². The fourth-order valence-electron chi connectivity index (χ4n) is 2.45. The van der Waals surface area contributed by atoms with E-state index in [2.05, 4.69) is 15.6 Å². The van der Waals surface area contributed by atoms with Crippen LogP contribution in [0.2, 0.25) is 5.02 Å². The molecule has 138 valence electrons. The highest BCUT2D eigenvalue weighted by Crippen LogP contribution is 2.32. The Balaban J connectivity index is 1.77. The van der Waals surface area contributed by atoms with Crippen LogP contribution in [0.5, 0.6) is 0 Å². The van der Waals surface area contributed by atoms with Gasteiger partial charge in [0.25, 0.3) is 5.91 Å². The maximum atomic E-state index is 12.0. The van der Waals surface area contributed by atoms with Crippen LogP contribution in [-0.4, -0.2) is 28.5 Å². The van der Waals surface area contributed by atoms with Gasteiger partial charge in [0, 0.05) is 26.7 Å². The van der Waals surface area contributed by atoms with Crippen LogP contribution in [0.4, 0.5) is 10.8 Å². The number of halogens is 1. The van der Waals surface area contributed by atoms with Gasteiger partial charge in [0.2, 0.25) is 0 Å². The molecular weight excluding hydrogens is 386 g/mol. The number of hydrogen-bond donors (Lipinski definition) is 3. The molecule has 0 aliphatic rings. The molecule has 0 saturated carbocycles. The number of carbonyl (C=O) groups excluding carboxylic acids is 1. The number of amides is 1. The summed E-state index contributed by atoms with van der Waals surface area (Å²) < 4.78 is 0. The molecule has 3 N–H and O–H groups in total. The van der Waals surface area contributed by atoms with Crippen LogP contribution in [0, 0.1) is 6.92 Å². The third kappa shape index (κ3) is 4.84. The normalized spacial score (nSPS) is 10.4. The first-order valence-electron chi connectivity index (χ1n) is 8.03. The number of carboxylic acids is 1. The van der Waals surface area contributed by atoms with Gasteiger partial charge in [0.05, 0.1) is 5.69 Å². The van der Waals surface area contributed by atoms with Crippen molar-refractivity contribution in [2.75, 3.05) is 11.9 Å². The molecule has 0 spiro atoms. The second-order valence-electron chi connectivity index (χ2n) is 5.71. The quantitative estimate of drug-likeness (QED) is 0.571. The Kier molecular flexibility index (Phi) is 5.73. The van der Waals surface area contributed by atoms with Gasteiger partial charge in [0.15, 0.2) is 5.13 Å². The van der Waals surface area contributed by atoms with E-state index in [0.717, 1.165) is 16.1 Å². The van der Waals surface area contributed by atoms with Gasteiger partial charge < -0.3 is 15.7 Å². The Morgan fingerprint density at radius 3 is 2.63 bits per heavy atom. The SMILES string of the molecule is Cc1sc(Nc2cccc(C(=O)NCC(=O)O)c2)nc1-c1ccc(Cl)cc1. The summed E-state index contributed by atoms with van der Waals surface area (Å²) in [6.45, 7) is 1.56. The molecule has 0 radical (unpaired) electrons. The van der Waals surface area contributed by atoms with Gasteiger partial charge in [-0.15, -0.1) is 11.3 Å². The van der Waals surface area contributed by atoms with Gasteiger partial charge in [-0.1, -0.05) is 29.8 Å². The second-order valence-corrected chi connectivity index (χ2v) is 7.35. The summed E-state index contributed by atoms with van der Waals surface area (Å²) in [4.78, 5) is 28.2. The Morgan fingerprint density at radius 2 is 1.93 bits per heavy atom. The minimum atomic E-state index is -1.09. The van der Waals surface area contributed by atoms with Crippen molar-refractivity contribution in [2.45, 2.75) is 6.92 Å². The summed E-state index contributed by atoms with van der Waals surface area (Å²) in [7, 11) is 0. The lowest BCUT2D eigenvalue weighted by atomic mass is 10.1. The standard InChI is InChI=1S/C19H16ClN3O3S/c1-11-17(12-5-7-14(20)8-6-12)23-19(27-11)22-15-4-2-3-13(9-15)18(26)21-10-16(24)25/h2-9H,10H2,1H3,(H,21,26)(H,22,23)(H,24,25). The predicted octanol–water partition coefficient (Wildman–Crippen LogP) is 4.33. The van der Waals surface area contributed by atoms with Gasteiger partial charge in [0.1, 0.15) is 6.54 Å². The first-order valence-corrected chi connectivity index (χ1v) is 9.22. The van der Waals surface area contributed by atoms with Crippen LogP contribution < -0.4 is 10.6 Å². The average molecular weight is 402 g/mol. The number of thiazole rings is 1. The number of aryl methyl sites for hydroxylation is 1. The zero-order valence-electron chi connectivity index (χ0n) is 14.3. The van der Waals surface area contributed by atoms with E-state index in [1.54, 1.807) is 18.2 Å². The molecule has 0 bridgehead atoms. The summed E-state index contributed by atoms with van der Waals surface area (Å²) in [5.74, 6) is -1.54. The van der Waals surface area contributed by atoms with Gasteiger partial charge in [-0.05, 0) is 37.3 Å². The van der Waals surface area contributed by atoms with E-state index in [4.69, 9.17) is 16.7 Å². The smallest absolute Gasteiger partial charge is 0.322 e. The van der Waals surface area contributed by atoms with Crippen LogP contribution in [0.3, 0.4) is 0 Å². The molecule has 2 aromatic carbocycles. The monoisotopic (exact) mass is 401 g/mol. The fraction of sp³-hybridized carbons (Fsp3) is 0.105. The molecule has 0 atom stereocenters. The van der Waals surface area contributed by atoms with E-state index in [1.807, 2.05) is 37.3 Å². The summed E-state index contributed by atoms with van der Waals surface area (Å²) in [6.07, 6.45) is 0. The van der Waals surface area contributed by atoms with Crippen molar-refractivity contribution in [1.82, 2.24) is 10.3 Å². The largest absolute Gasteiger partial charge is 0.480 e. The number of benzene rings is 2. The summed E-state index contributed by atoms with van der Waals surface area (Å²) in [6, 6.07) is 14.3. The molecule has 3 rings (SSSR count). The molecule has 0 unspecified atom stereocenters. The van der Waals surface area contributed by atoms with Gasteiger partial charge in [-0.3, -0.25) is 9.59 Å². The number of nitrogens with one attached hydrogen (secondary N) is 2. The summed E-state index contributed by atoms with van der Waals surface area (Å²) >= 11 is 7.44. The molecule has 1 amide bonds. The zero-order chi connectivity index (χ0) is 19.4. The lowest BCUT2D eigenvalue weighted by Gasteiger charge is -2.06. The van der Waals surface area contributed by atoms with E-state index >= 15 is 0 Å². The Bertz CT molecular complexity index is 986. The van der Waals surface area contributed by atoms with E-state index in [1.165, 1.54) is 11.3 Å². The van der Waals surface area contributed by atoms with Crippen molar-refractivity contribution < 1.29 is 14.7 Å². The lowest BCUT2D eigenvalue weighted by Crippen LogP contribution is -2.29. The number of hydrogen-bond acceptors (Lipinski definition) is 5. The summed E-state index contributed by atoms with van der Waals surface area (Å²) in [5.41, 5.74) is 2.90. The van der Waals surface area contributed by atoms with E-state index < -0.39 is 18.4 Å². The van der Waals surface area contributed by atoms with Gasteiger partial charge >= 0.3 is 5.97 Å². The van der Waals surface area contributed by atoms with Crippen molar-refractivity contribution in [3.05, 3.63) is 64.0 Å². The maximum Gasteiger partial charge on any atom is 0.322 e. The number of nitrogens with zero attached hydrogens (tertiary/aromatic N) is 1. The third-order valence-corrected chi connectivity index (χ3v) is 4.83. The molecule has 1 heterocycles. The highest BCUT2D eigenvalue weighted by molar-refractivity contribution is 7.16. The number of rotatable bonds is 6. The zero-order valence-corrected chi connectivity index (χ0v) is 15.9. The van der Waals surface area contributed by atoms with E-state index in [-0.39, 0.29) is 0 Å². The minimum absolute atomic E-state index is 0.368. The molecule has 27 heavy (non-hydrogen) atoms. The maximum absolute atomic E-state index is 12.0. The van der Waals surface area contributed by atoms with Gasteiger partial charge in [-0.25, -0.2) is 4.98 Å². The van der Waals surface area contributed by atoms with E-state index in [0.29, 0.717) is 21.4 Å². The van der Waals surface area contributed by atoms with Crippen molar-refractivity contribution in [1.29, 1.82) is 0 Å². The molecule has 0 aliphatic carbocycles. The first-order chi connectivity index (χ1) is 12.9. The van der Waals surface area contributed by atoms with Crippen molar-refractivity contribution in [3.8, 4) is 11.3 Å². The number of aromatic nitrogens is 1. The van der Waals surface area contributed by atoms with Crippen LogP contribution in [0.1, 0.15) is 15.2 Å². The van der Waals surface area contributed by atoms with Crippen molar-refractivity contribution >= 4 is 45.6 Å². The molecule has 0 aliphatic heterocycles. The Morgan fingerprint density at radius 1 is 1.19 bits per heavy atom. The Hall–Kier alpha value is -2.90. The predicted molar refractivity (Wildman–Crippen MR) is 107 cm³/mol. The number of aliphatic carboxylic acids is 1. The van der Waals surface area contributed by atoms with Crippen molar-refractivity contribution in [2.24, 2.45) is 0 Å².